The summed E-state index contributed by atoms with van der Waals surface area (Å²) in [5.41, 5.74) is 4.86. The lowest BCUT2D eigenvalue weighted by Crippen LogP contribution is -2.17. The van der Waals surface area contributed by atoms with Gasteiger partial charge in [-0.05, 0) is 36.1 Å². The predicted molar refractivity (Wildman–Crippen MR) is 107 cm³/mol. The van der Waals surface area contributed by atoms with Crippen molar-refractivity contribution in [3.8, 4) is 5.75 Å². The Morgan fingerprint density at radius 1 is 1.04 bits per heavy atom. The van der Waals surface area contributed by atoms with Crippen LogP contribution in [0, 0.1) is 0 Å². The van der Waals surface area contributed by atoms with Crippen LogP contribution in [0.2, 0.25) is 0 Å². The molecular formula is C22H26N2O2. The second kappa shape index (κ2) is 10.9. The molecule has 0 heterocycles. The van der Waals surface area contributed by atoms with Crippen LogP contribution in [0.1, 0.15) is 54.9 Å². The third-order valence-electron chi connectivity index (χ3n) is 4.02. The largest absolute Gasteiger partial charge is 0.507 e. The lowest BCUT2D eigenvalue weighted by atomic mass is 10.0. The number of nitrogens with zero attached hydrogens (tertiary/aromatic N) is 1. The molecule has 0 aliphatic carbocycles. The van der Waals surface area contributed by atoms with Gasteiger partial charge < -0.3 is 5.11 Å². The smallest absolute Gasteiger partial charge is 0.275 e. The third-order valence-corrected chi connectivity index (χ3v) is 4.02. The Bertz CT molecular complexity index is 752. The van der Waals surface area contributed by atoms with Crippen molar-refractivity contribution in [2.45, 2.75) is 39.0 Å². The molecule has 0 aromatic heterocycles. The summed E-state index contributed by atoms with van der Waals surface area (Å²) in [6.45, 7) is 2.19. The molecule has 0 aliphatic rings. The van der Waals surface area contributed by atoms with E-state index in [1.54, 1.807) is 24.4 Å². The summed E-state index contributed by atoms with van der Waals surface area (Å²) in [6, 6.07) is 16.5. The van der Waals surface area contributed by atoms with Crippen LogP contribution in [-0.2, 0) is 0 Å². The molecule has 0 saturated carbocycles. The minimum absolute atomic E-state index is 0.0557. The zero-order chi connectivity index (χ0) is 18.6. The number of hydrogen-bond acceptors (Lipinski definition) is 3. The number of hydrogen-bond donors (Lipinski definition) is 2. The number of carbonyl (C=O) groups is 1. The van der Waals surface area contributed by atoms with Crippen molar-refractivity contribution in [2.24, 2.45) is 5.10 Å². The first-order chi connectivity index (χ1) is 12.7. The number of phenolic OH excluding ortho intramolecular Hbond substituents is 1. The van der Waals surface area contributed by atoms with Gasteiger partial charge in [-0.2, -0.15) is 5.10 Å². The fourth-order valence-electron chi connectivity index (χ4n) is 2.59. The summed E-state index contributed by atoms with van der Waals surface area (Å²) in [4.78, 5) is 12.1. The van der Waals surface area contributed by atoms with E-state index < -0.39 is 5.91 Å². The molecule has 0 fully saturated rings. The second-order valence-electron chi connectivity index (χ2n) is 6.16. The van der Waals surface area contributed by atoms with E-state index in [-0.39, 0.29) is 11.3 Å². The number of benzene rings is 2. The minimum Gasteiger partial charge on any atom is -0.507 e. The summed E-state index contributed by atoms with van der Waals surface area (Å²) >= 11 is 0. The molecule has 0 radical (unpaired) electrons. The first-order valence-corrected chi connectivity index (χ1v) is 9.07. The number of amides is 1. The van der Waals surface area contributed by atoms with Gasteiger partial charge in [0.05, 0.1) is 11.8 Å². The highest BCUT2D eigenvalue weighted by Crippen LogP contribution is 2.15. The maximum Gasteiger partial charge on any atom is 0.275 e. The summed E-state index contributed by atoms with van der Waals surface area (Å²) in [7, 11) is 0. The SMILES string of the molecule is CCCCCCC(=Cc1ccccc1)/C=N\NC(=O)c1ccccc1O. The van der Waals surface area contributed by atoms with Crippen LogP contribution in [0.5, 0.6) is 5.75 Å². The Hall–Kier alpha value is -2.88. The van der Waals surface area contributed by atoms with Gasteiger partial charge in [0.25, 0.3) is 5.91 Å². The molecule has 2 N–H and O–H groups in total. The molecule has 0 unspecified atom stereocenters. The number of allylic oxidation sites excluding steroid dienone is 1. The zero-order valence-electron chi connectivity index (χ0n) is 15.2. The van der Waals surface area contributed by atoms with Crippen LogP contribution in [0.25, 0.3) is 6.08 Å². The maximum absolute atomic E-state index is 12.1. The standard InChI is InChI=1S/C22H26N2O2/c1-2-3-4-6-13-19(16-18-11-7-5-8-12-18)17-23-24-22(26)20-14-9-10-15-21(20)25/h5,7-12,14-17,25H,2-4,6,13H2,1H3,(H,24,26)/b19-16?,23-17-. The van der Waals surface area contributed by atoms with Crippen LogP contribution in [0.3, 0.4) is 0 Å². The van der Waals surface area contributed by atoms with Gasteiger partial charge in [0.2, 0.25) is 0 Å². The number of aromatic hydroxyl groups is 1. The van der Waals surface area contributed by atoms with Crippen molar-refractivity contribution in [1.29, 1.82) is 0 Å². The van der Waals surface area contributed by atoms with E-state index in [9.17, 15) is 9.90 Å². The van der Waals surface area contributed by atoms with Gasteiger partial charge >= 0.3 is 0 Å². The monoisotopic (exact) mass is 350 g/mol. The second-order valence-corrected chi connectivity index (χ2v) is 6.16. The van der Waals surface area contributed by atoms with Gasteiger partial charge in [-0.25, -0.2) is 5.43 Å². The fourth-order valence-corrected chi connectivity index (χ4v) is 2.59. The van der Waals surface area contributed by atoms with Crippen LogP contribution < -0.4 is 5.43 Å². The van der Waals surface area contributed by atoms with Crippen molar-refractivity contribution in [3.63, 3.8) is 0 Å². The Morgan fingerprint density at radius 2 is 1.77 bits per heavy atom. The van der Waals surface area contributed by atoms with Crippen LogP contribution in [0.15, 0.2) is 65.3 Å². The van der Waals surface area contributed by atoms with Gasteiger partial charge in [0.15, 0.2) is 0 Å². The Kier molecular flexibility index (Phi) is 8.13. The van der Waals surface area contributed by atoms with Crippen molar-refractivity contribution in [1.82, 2.24) is 5.43 Å². The molecular weight excluding hydrogens is 324 g/mol. The van der Waals surface area contributed by atoms with E-state index in [0.29, 0.717) is 0 Å². The third kappa shape index (κ3) is 6.55. The fraction of sp³-hybridized carbons (Fsp3) is 0.273. The van der Waals surface area contributed by atoms with Crippen molar-refractivity contribution < 1.29 is 9.90 Å². The maximum atomic E-state index is 12.1. The summed E-state index contributed by atoms with van der Waals surface area (Å²) in [6.07, 6.45) is 9.37. The molecule has 26 heavy (non-hydrogen) atoms. The predicted octanol–water partition coefficient (Wildman–Crippen LogP) is 5.16. The number of carbonyl (C=O) groups excluding carboxylic acids is 1. The highest BCUT2D eigenvalue weighted by atomic mass is 16.3. The summed E-state index contributed by atoms with van der Waals surface area (Å²) < 4.78 is 0. The number of hydrazone groups is 1. The average molecular weight is 350 g/mol. The van der Waals surface area contributed by atoms with Crippen LogP contribution in [0.4, 0.5) is 0 Å². The number of phenols is 1. The van der Waals surface area contributed by atoms with E-state index in [1.807, 2.05) is 30.3 Å². The molecule has 0 spiro atoms. The molecule has 4 nitrogen and oxygen atoms in total. The van der Waals surface area contributed by atoms with Gasteiger partial charge in [-0.3, -0.25) is 4.79 Å². The van der Waals surface area contributed by atoms with Gasteiger partial charge in [-0.1, -0.05) is 74.7 Å². The van der Waals surface area contributed by atoms with E-state index >= 15 is 0 Å². The quantitative estimate of drug-likeness (QED) is 0.373. The molecule has 4 heteroatoms. The molecule has 0 atom stereocenters. The molecule has 1 amide bonds. The Balaban J connectivity index is 2.03. The average Bonchev–Trinajstić information content (AvgIpc) is 2.66. The van der Waals surface area contributed by atoms with Crippen molar-refractivity contribution in [2.75, 3.05) is 0 Å². The lowest BCUT2D eigenvalue weighted by molar-refractivity contribution is 0.0952. The van der Waals surface area contributed by atoms with E-state index in [0.717, 1.165) is 24.0 Å². The van der Waals surface area contributed by atoms with Crippen molar-refractivity contribution in [3.05, 3.63) is 71.3 Å². The molecule has 0 bridgehead atoms. The van der Waals surface area contributed by atoms with Crippen molar-refractivity contribution >= 4 is 18.2 Å². The lowest BCUT2D eigenvalue weighted by Gasteiger charge is -2.04. The Labute approximate surface area is 155 Å². The summed E-state index contributed by atoms with van der Waals surface area (Å²) in [5, 5.41) is 13.8. The molecule has 136 valence electrons. The van der Waals surface area contributed by atoms with E-state index in [1.165, 1.54) is 25.3 Å². The van der Waals surface area contributed by atoms with Gasteiger partial charge in [-0.15, -0.1) is 0 Å². The van der Waals surface area contributed by atoms with Gasteiger partial charge in [0.1, 0.15) is 5.75 Å². The highest BCUT2D eigenvalue weighted by Gasteiger charge is 2.08. The molecule has 0 aliphatic heterocycles. The Morgan fingerprint density at radius 3 is 2.50 bits per heavy atom. The van der Waals surface area contributed by atoms with E-state index in [2.05, 4.69) is 23.5 Å². The number of rotatable bonds is 9. The zero-order valence-corrected chi connectivity index (χ0v) is 15.2. The number of nitrogens with one attached hydrogen (secondary N) is 1. The number of para-hydroxylation sites is 1. The molecule has 0 saturated heterocycles. The normalized spacial score (nSPS) is 11.7. The number of unbranched alkanes of at least 4 members (excludes halogenated alkanes) is 3. The first kappa shape index (κ1) is 19.4. The van der Waals surface area contributed by atoms with Crippen LogP contribution in [-0.4, -0.2) is 17.2 Å². The molecule has 2 aromatic carbocycles. The first-order valence-electron chi connectivity index (χ1n) is 9.07. The van der Waals surface area contributed by atoms with E-state index in [4.69, 9.17) is 0 Å². The minimum atomic E-state index is -0.426. The van der Waals surface area contributed by atoms with Gasteiger partial charge in [0, 0.05) is 0 Å². The topological polar surface area (TPSA) is 61.7 Å². The molecule has 2 rings (SSSR count). The highest BCUT2D eigenvalue weighted by molar-refractivity contribution is 5.97. The summed E-state index contributed by atoms with van der Waals surface area (Å²) in [5.74, 6) is -0.482. The molecule has 2 aromatic rings. The van der Waals surface area contributed by atoms with Crippen LogP contribution >= 0.6 is 0 Å².